The molecule has 0 bridgehead atoms. The molecule has 0 aliphatic rings. The van der Waals surface area contributed by atoms with Gasteiger partial charge in [-0.25, -0.2) is 4.98 Å². The van der Waals surface area contributed by atoms with Crippen molar-refractivity contribution in [3.63, 3.8) is 0 Å². The summed E-state index contributed by atoms with van der Waals surface area (Å²) in [4.78, 5) is 16.5. The number of carbonyl (C=O) groups excluding carboxylic acids is 1. The Kier molecular flexibility index (Phi) is 7.56. The number of nitrogens with zero attached hydrogens (tertiary/aromatic N) is 1. The van der Waals surface area contributed by atoms with Gasteiger partial charge in [0.05, 0.1) is 0 Å². The third-order valence-corrected chi connectivity index (χ3v) is 3.97. The number of nitrogens with one attached hydrogen (secondary N) is 2. The topological polar surface area (TPSA) is 54.0 Å². The van der Waals surface area contributed by atoms with Crippen molar-refractivity contribution < 1.29 is 4.79 Å². The molecular formula is C19H24ClN3O. The Balaban J connectivity index is 1.80. The number of unbranched alkanes of at least 4 members (excludes halogenated alkanes) is 2. The molecule has 1 heterocycles. The van der Waals surface area contributed by atoms with E-state index in [1.54, 1.807) is 18.3 Å². The molecule has 128 valence electrons. The van der Waals surface area contributed by atoms with Crippen molar-refractivity contribution in [2.24, 2.45) is 0 Å². The highest BCUT2D eigenvalue weighted by Gasteiger charge is 2.06. The number of pyridine rings is 1. The van der Waals surface area contributed by atoms with Gasteiger partial charge >= 0.3 is 0 Å². The largest absolute Gasteiger partial charge is 0.370 e. The molecule has 0 radical (unpaired) electrons. The maximum atomic E-state index is 12.2. The first kappa shape index (κ1) is 18.3. The van der Waals surface area contributed by atoms with E-state index in [2.05, 4.69) is 22.5 Å². The average Bonchev–Trinajstić information content (AvgIpc) is 2.61. The molecule has 2 rings (SSSR count). The number of aromatic nitrogens is 1. The minimum Gasteiger partial charge on any atom is -0.370 e. The van der Waals surface area contributed by atoms with Gasteiger partial charge in [-0.1, -0.05) is 43.5 Å². The van der Waals surface area contributed by atoms with Crippen LogP contribution in [0.25, 0.3) is 0 Å². The third-order valence-electron chi connectivity index (χ3n) is 3.72. The summed E-state index contributed by atoms with van der Waals surface area (Å²) in [5.74, 6) is 0.666. The monoisotopic (exact) mass is 345 g/mol. The summed E-state index contributed by atoms with van der Waals surface area (Å²) in [5, 5.41) is 6.92. The van der Waals surface area contributed by atoms with E-state index in [0.29, 0.717) is 12.1 Å². The molecule has 5 heteroatoms. The third kappa shape index (κ3) is 6.20. The second-order valence-electron chi connectivity index (χ2n) is 5.70. The predicted molar refractivity (Wildman–Crippen MR) is 99.7 cm³/mol. The molecule has 4 nitrogen and oxygen atoms in total. The Morgan fingerprint density at radius 3 is 2.67 bits per heavy atom. The molecule has 1 aromatic carbocycles. The van der Waals surface area contributed by atoms with Crippen LogP contribution in [0, 0.1) is 0 Å². The molecule has 0 atom stereocenters. The van der Waals surface area contributed by atoms with Crippen LogP contribution in [0.15, 0.2) is 42.6 Å². The van der Waals surface area contributed by atoms with Crippen molar-refractivity contribution in [2.45, 2.75) is 32.6 Å². The summed E-state index contributed by atoms with van der Waals surface area (Å²) >= 11 is 5.86. The summed E-state index contributed by atoms with van der Waals surface area (Å²) in [6.45, 7) is 3.64. The van der Waals surface area contributed by atoms with Gasteiger partial charge in [0, 0.05) is 29.9 Å². The standard InChI is InChI=1S/C19H24ClN3O/c1-2-3-4-11-21-18-14-16(10-13-22-18)19(24)23-12-9-15-5-7-17(20)8-6-15/h5-8,10,13-14H,2-4,9,11-12H2,1H3,(H,21,22)(H,23,24). The van der Waals surface area contributed by atoms with E-state index in [-0.39, 0.29) is 5.91 Å². The van der Waals surface area contributed by atoms with Gasteiger partial charge in [-0.05, 0) is 42.7 Å². The van der Waals surface area contributed by atoms with Crippen molar-refractivity contribution in [3.8, 4) is 0 Å². The fourth-order valence-electron chi connectivity index (χ4n) is 2.33. The molecule has 0 spiro atoms. The summed E-state index contributed by atoms with van der Waals surface area (Å²) in [6, 6.07) is 11.2. The lowest BCUT2D eigenvalue weighted by Crippen LogP contribution is -2.25. The van der Waals surface area contributed by atoms with Crippen LogP contribution in [-0.4, -0.2) is 24.0 Å². The molecule has 0 saturated carbocycles. The van der Waals surface area contributed by atoms with Crippen LogP contribution in [0.4, 0.5) is 5.82 Å². The predicted octanol–water partition coefficient (Wildman–Crippen LogP) is 4.31. The van der Waals surface area contributed by atoms with Crippen molar-refractivity contribution >= 4 is 23.3 Å². The van der Waals surface area contributed by atoms with Crippen LogP contribution in [0.3, 0.4) is 0 Å². The molecule has 24 heavy (non-hydrogen) atoms. The Labute approximate surface area is 148 Å². The van der Waals surface area contributed by atoms with Crippen LogP contribution in [0.1, 0.15) is 42.1 Å². The van der Waals surface area contributed by atoms with E-state index in [9.17, 15) is 4.79 Å². The number of benzene rings is 1. The van der Waals surface area contributed by atoms with Crippen LogP contribution < -0.4 is 10.6 Å². The normalized spacial score (nSPS) is 10.4. The quantitative estimate of drug-likeness (QED) is 0.666. The van der Waals surface area contributed by atoms with Gasteiger partial charge in [0.2, 0.25) is 0 Å². The number of anilines is 1. The van der Waals surface area contributed by atoms with E-state index in [0.717, 1.165) is 35.8 Å². The van der Waals surface area contributed by atoms with Crippen LogP contribution in [-0.2, 0) is 6.42 Å². The Morgan fingerprint density at radius 2 is 1.92 bits per heavy atom. The van der Waals surface area contributed by atoms with Crippen molar-refractivity contribution in [1.82, 2.24) is 10.3 Å². The molecule has 2 aromatic rings. The fourth-order valence-corrected chi connectivity index (χ4v) is 2.46. The van der Waals surface area contributed by atoms with Gasteiger partial charge in [0.25, 0.3) is 5.91 Å². The zero-order valence-corrected chi connectivity index (χ0v) is 14.8. The molecule has 2 N–H and O–H groups in total. The first-order valence-corrected chi connectivity index (χ1v) is 8.79. The van der Waals surface area contributed by atoms with Gasteiger partial charge < -0.3 is 10.6 Å². The average molecular weight is 346 g/mol. The van der Waals surface area contributed by atoms with E-state index in [1.807, 2.05) is 24.3 Å². The summed E-state index contributed by atoms with van der Waals surface area (Å²) in [7, 11) is 0. The summed E-state index contributed by atoms with van der Waals surface area (Å²) in [6.07, 6.45) is 5.92. The minimum absolute atomic E-state index is 0.0806. The number of halogens is 1. The van der Waals surface area contributed by atoms with Crippen LogP contribution >= 0.6 is 11.6 Å². The second-order valence-corrected chi connectivity index (χ2v) is 6.13. The van der Waals surface area contributed by atoms with Crippen molar-refractivity contribution in [1.29, 1.82) is 0 Å². The lowest BCUT2D eigenvalue weighted by Gasteiger charge is -2.08. The zero-order valence-electron chi connectivity index (χ0n) is 14.0. The fraction of sp³-hybridized carbons (Fsp3) is 0.368. The van der Waals surface area contributed by atoms with Gasteiger partial charge in [-0.2, -0.15) is 0 Å². The molecule has 1 aromatic heterocycles. The highest BCUT2D eigenvalue weighted by atomic mass is 35.5. The Morgan fingerprint density at radius 1 is 1.12 bits per heavy atom. The first-order chi connectivity index (χ1) is 11.7. The van der Waals surface area contributed by atoms with Crippen LogP contribution in [0.5, 0.6) is 0 Å². The van der Waals surface area contributed by atoms with E-state index in [4.69, 9.17) is 11.6 Å². The van der Waals surface area contributed by atoms with Gasteiger partial charge in [-0.3, -0.25) is 4.79 Å². The number of carbonyl (C=O) groups is 1. The molecule has 1 amide bonds. The lowest BCUT2D eigenvalue weighted by atomic mass is 10.1. The van der Waals surface area contributed by atoms with E-state index in [1.165, 1.54) is 12.8 Å². The molecule has 0 fully saturated rings. The SMILES string of the molecule is CCCCCNc1cc(C(=O)NCCc2ccc(Cl)cc2)ccn1. The van der Waals surface area contributed by atoms with Crippen molar-refractivity contribution in [2.75, 3.05) is 18.4 Å². The smallest absolute Gasteiger partial charge is 0.251 e. The lowest BCUT2D eigenvalue weighted by molar-refractivity contribution is 0.0954. The second kappa shape index (κ2) is 9.93. The van der Waals surface area contributed by atoms with Crippen LogP contribution in [0.2, 0.25) is 5.02 Å². The summed E-state index contributed by atoms with van der Waals surface area (Å²) in [5.41, 5.74) is 1.77. The zero-order chi connectivity index (χ0) is 17.2. The Bertz CT molecular complexity index is 643. The molecule has 0 aliphatic carbocycles. The van der Waals surface area contributed by atoms with Gasteiger partial charge in [0.1, 0.15) is 5.82 Å². The maximum Gasteiger partial charge on any atom is 0.251 e. The van der Waals surface area contributed by atoms with Crippen molar-refractivity contribution in [3.05, 3.63) is 58.7 Å². The number of rotatable bonds is 9. The molecular weight excluding hydrogens is 322 g/mol. The van der Waals surface area contributed by atoms with E-state index < -0.39 is 0 Å². The molecule has 0 aliphatic heterocycles. The minimum atomic E-state index is -0.0806. The van der Waals surface area contributed by atoms with Gasteiger partial charge in [0.15, 0.2) is 0 Å². The van der Waals surface area contributed by atoms with Gasteiger partial charge in [-0.15, -0.1) is 0 Å². The number of hydrogen-bond acceptors (Lipinski definition) is 3. The number of hydrogen-bond donors (Lipinski definition) is 2. The maximum absolute atomic E-state index is 12.2. The highest BCUT2D eigenvalue weighted by Crippen LogP contribution is 2.10. The Hall–Kier alpha value is -2.07. The first-order valence-electron chi connectivity index (χ1n) is 8.41. The molecule has 0 saturated heterocycles. The molecule has 0 unspecified atom stereocenters. The van der Waals surface area contributed by atoms with E-state index >= 15 is 0 Å². The highest BCUT2D eigenvalue weighted by molar-refractivity contribution is 6.30. The summed E-state index contributed by atoms with van der Waals surface area (Å²) < 4.78 is 0. The number of amides is 1.